The van der Waals surface area contributed by atoms with E-state index < -0.39 is 0 Å². The van der Waals surface area contributed by atoms with Gasteiger partial charge in [0.2, 0.25) is 5.91 Å². The van der Waals surface area contributed by atoms with Crippen molar-refractivity contribution in [1.29, 1.82) is 0 Å². The van der Waals surface area contributed by atoms with Gasteiger partial charge in [-0.05, 0) is 40.9 Å². The van der Waals surface area contributed by atoms with Crippen molar-refractivity contribution in [1.82, 2.24) is 5.32 Å². The molecule has 0 fully saturated rings. The molecule has 1 unspecified atom stereocenters. The minimum atomic E-state index is -0.0719. The van der Waals surface area contributed by atoms with Gasteiger partial charge >= 0.3 is 0 Å². The van der Waals surface area contributed by atoms with Crippen LogP contribution in [0.5, 0.6) is 0 Å². The molecule has 0 bridgehead atoms. The Bertz CT molecular complexity index is 404. The first-order valence-electron chi connectivity index (χ1n) is 10.1. The molecule has 1 atom stereocenters. The Balaban J connectivity index is 4.64. The van der Waals surface area contributed by atoms with Crippen LogP contribution in [-0.2, 0) is 4.79 Å². The van der Waals surface area contributed by atoms with Crippen LogP contribution in [0.3, 0.4) is 0 Å². The Morgan fingerprint density at radius 2 is 1.24 bits per heavy atom. The Kier molecular flexibility index (Phi) is 9.18. The van der Waals surface area contributed by atoms with E-state index in [1.807, 2.05) is 0 Å². The monoisotopic (exact) mass is 355 g/mol. The average Bonchev–Trinajstić information content (AvgIpc) is 2.51. The summed E-state index contributed by atoms with van der Waals surface area (Å²) < 4.78 is 0. The molecule has 0 aromatic heterocycles. The topological polar surface area (TPSA) is 49.3 Å². The number of rotatable bonds is 12. The summed E-state index contributed by atoms with van der Waals surface area (Å²) in [5.74, 6) is 0.148. The fraction of sp³-hybridized carbons (Fsp3) is 0.955. The van der Waals surface area contributed by atoms with E-state index in [9.17, 15) is 9.90 Å². The van der Waals surface area contributed by atoms with Gasteiger partial charge in [0.25, 0.3) is 0 Å². The van der Waals surface area contributed by atoms with Crippen LogP contribution in [0.4, 0.5) is 0 Å². The van der Waals surface area contributed by atoms with E-state index in [2.05, 4.69) is 67.6 Å². The molecule has 0 rings (SSSR count). The number of aliphatic hydroxyl groups excluding tert-OH is 1. The molecule has 0 aliphatic carbocycles. The maximum absolute atomic E-state index is 12.5. The van der Waals surface area contributed by atoms with Crippen LogP contribution >= 0.6 is 0 Å². The van der Waals surface area contributed by atoms with Gasteiger partial charge < -0.3 is 10.4 Å². The van der Waals surface area contributed by atoms with Crippen molar-refractivity contribution in [2.75, 3.05) is 13.2 Å². The van der Waals surface area contributed by atoms with Crippen molar-refractivity contribution >= 4 is 5.91 Å². The highest BCUT2D eigenvalue weighted by molar-refractivity contribution is 5.76. The molecule has 0 spiro atoms. The summed E-state index contributed by atoms with van der Waals surface area (Å²) in [4.78, 5) is 12.5. The van der Waals surface area contributed by atoms with E-state index in [1.54, 1.807) is 0 Å². The summed E-state index contributed by atoms with van der Waals surface area (Å²) in [6.45, 7) is 20.7. The predicted molar refractivity (Wildman–Crippen MR) is 109 cm³/mol. The van der Waals surface area contributed by atoms with Crippen molar-refractivity contribution < 1.29 is 9.90 Å². The lowest BCUT2D eigenvalue weighted by Crippen LogP contribution is -2.40. The van der Waals surface area contributed by atoms with Gasteiger partial charge in [-0.2, -0.15) is 0 Å². The highest BCUT2D eigenvalue weighted by Gasteiger charge is 2.33. The van der Waals surface area contributed by atoms with Crippen LogP contribution in [0, 0.1) is 21.7 Å². The zero-order valence-electron chi connectivity index (χ0n) is 18.5. The van der Waals surface area contributed by atoms with Crippen LogP contribution in [0.25, 0.3) is 0 Å². The van der Waals surface area contributed by atoms with Crippen LogP contribution in [0.2, 0.25) is 0 Å². The third-order valence-corrected chi connectivity index (χ3v) is 6.16. The first kappa shape index (κ1) is 24.4. The second-order valence-corrected chi connectivity index (χ2v) is 10.5. The Hall–Kier alpha value is -0.570. The molecule has 150 valence electrons. The largest absolute Gasteiger partial charge is 0.396 e. The Morgan fingerprint density at radius 3 is 1.64 bits per heavy atom. The van der Waals surface area contributed by atoms with E-state index in [-0.39, 0.29) is 28.8 Å². The zero-order chi connectivity index (χ0) is 19.9. The Labute approximate surface area is 157 Å². The summed E-state index contributed by atoms with van der Waals surface area (Å²) in [5.41, 5.74) is 0.233. The van der Waals surface area contributed by atoms with E-state index in [1.165, 1.54) is 0 Å². The molecule has 0 aromatic carbocycles. The maximum atomic E-state index is 12.5. The summed E-state index contributed by atoms with van der Waals surface area (Å²) in [7, 11) is 0. The molecule has 25 heavy (non-hydrogen) atoms. The molecular weight excluding hydrogens is 310 g/mol. The lowest BCUT2D eigenvalue weighted by atomic mass is 9.69. The summed E-state index contributed by atoms with van der Waals surface area (Å²) in [6.07, 6.45) is 5.80. The smallest absolute Gasteiger partial charge is 0.220 e. The van der Waals surface area contributed by atoms with Crippen molar-refractivity contribution in [3.63, 3.8) is 0 Å². The number of carbonyl (C=O) groups is 1. The van der Waals surface area contributed by atoms with Crippen molar-refractivity contribution in [3.8, 4) is 0 Å². The van der Waals surface area contributed by atoms with Crippen LogP contribution in [0.15, 0.2) is 0 Å². The molecule has 0 heterocycles. The normalized spacial score (nSPS) is 15.8. The number of carbonyl (C=O) groups excluding carboxylic acids is 1. The quantitative estimate of drug-likeness (QED) is 0.481. The highest BCUT2D eigenvalue weighted by atomic mass is 16.3. The van der Waals surface area contributed by atoms with Gasteiger partial charge in [0.15, 0.2) is 0 Å². The van der Waals surface area contributed by atoms with E-state index in [4.69, 9.17) is 0 Å². The Morgan fingerprint density at radius 1 is 0.800 bits per heavy atom. The number of nitrogens with one attached hydrogen (secondary N) is 1. The molecule has 0 saturated carbocycles. The van der Waals surface area contributed by atoms with E-state index in [0.29, 0.717) is 18.4 Å². The molecule has 3 heteroatoms. The molecule has 3 nitrogen and oxygen atoms in total. The molecule has 0 radical (unpaired) electrons. The zero-order valence-corrected chi connectivity index (χ0v) is 18.5. The molecule has 0 aliphatic heterocycles. The van der Waals surface area contributed by atoms with Crippen LogP contribution in [0.1, 0.15) is 101 Å². The molecule has 2 N–H and O–H groups in total. The molecule has 1 amide bonds. The average molecular weight is 356 g/mol. The standard InChI is InChI=1S/C22H45NO2/c1-10-21(8,11-2)14-19(4,5)13-18(25)23-16-20(6,7)15-22(9,12-3)17-24/h24H,10-17H2,1-9H3,(H,23,25). The number of hydrogen-bond acceptors (Lipinski definition) is 2. The highest BCUT2D eigenvalue weighted by Crippen LogP contribution is 2.41. The van der Waals surface area contributed by atoms with Crippen molar-refractivity contribution in [3.05, 3.63) is 0 Å². The molecule has 0 saturated heterocycles. The molecular formula is C22H45NO2. The second-order valence-electron chi connectivity index (χ2n) is 10.5. The summed E-state index contributed by atoms with van der Waals surface area (Å²) in [5, 5.41) is 12.8. The minimum Gasteiger partial charge on any atom is -0.396 e. The first-order valence-corrected chi connectivity index (χ1v) is 10.1. The molecule has 0 aromatic rings. The molecule has 0 aliphatic rings. The first-order chi connectivity index (χ1) is 11.3. The summed E-state index contributed by atoms with van der Waals surface area (Å²) in [6, 6.07) is 0. The van der Waals surface area contributed by atoms with Crippen molar-refractivity contribution in [2.45, 2.75) is 101 Å². The van der Waals surface area contributed by atoms with Gasteiger partial charge in [0, 0.05) is 19.6 Å². The number of aliphatic hydroxyl groups is 1. The number of hydrogen-bond donors (Lipinski definition) is 2. The van der Waals surface area contributed by atoms with Crippen LogP contribution in [-0.4, -0.2) is 24.2 Å². The van der Waals surface area contributed by atoms with Gasteiger partial charge in [-0.15, -0.1) is 0 Å². The second kappa shape index (κ2) is 9.39. The van der Waals surface area contributed by atoms with Gasteiger partial charge in [-0.1, -0.05) is 75.2 Å². The van der Waals surface area contributed by atoms with Gasteiger partial charge in [0.1, 0.15) is 0 Å². The fourth-order valence-electron chi connectivity index (χ4n) is 4.06. The lowest BCUT2D eigenvalue weighted by molar-refractivity contribution is -0.124. The van der Waals surface area contributed by atoms with E-state index >= 15 is 0 Å². The predicted octanol–water partition coefficient (Wildman–Crippen LogP) is 5.56. The third kappa shape index (κ3) is 9.08. The van der Waals surface area contributed by atoms with Crippen LogP contribution < -0.4 is 5.32 Å². The third-order valence-electron chi connectivity index (χ3n) is 6.16. The van der Waals surface area contributed by atoms with Crippen molar-refractivity contribution in [2.24, 2.45) is 21.7 Å². The minimum absolute atomic E-state index is 0.0119. The van der Waals surface area contributed by atoms with Gasteiger partial charge in [-0.25, -0.2) is 0 Å². The van der Waals surface area contributed by atoms with Gasteiger partial charge in [0.05, 0.1) is 0 Å². The van der Waals surface area contributed by atoms with Gasteiger partial charge in [-0.3, -0.25) is 4.79 Å². The lowest BCUT2D eigenvalue weighted by Gasteiger charge is -2.37. The number of amides is 1. The fourth-order valence-corrected chi connectivity index (χ4v) is 4.06. The maximum Gasteiger partial charge on any atom is 0.220 e. The summed E-state index contributed by atoms with van der Waals surface area (Å²) >= 11 is 0. The van der Waals surface area contributed by atoms with E-state index in [0.717, 1.165) is 32.1 Å². The SMILES string of the molecule is CCC(C)(CC)CC(C)(C)CC(=O)NCC(C)(C)CC(C)(CC)CO.